The predicted octanol–water partition coefficient (Wildman–Crippen LogP) is 4.67. The maximum Gasteiger partial charge on any atom is 0.228 e. The van der Waals surface area contributed by atoms with Crippen molar-refractivity contribution in [1.82, 2.24) is 0 Å². The van der Waals surface area contributed by atoms with Gasteiger partial charge in [-0.3, -0.25) is 4.79 Å². The Kier molecular flexibility index (Phi) is 5.00. The van der Waals surface area contributed by atoms with Crippen molar-refractivity contribution in [1.29, 1.82) is 0 Å². The molecule has 0 spiro atoms. The van der Waals surface area contributed by atoms with Crippen molar-refractivity contribution in [2.24, 2.45) is 0 Å². The summed E-state index contributed by atoms with van der Waals surface area (Å²) in [6, 6.07) is 21.8. The van der Waals surface area contributed by atoms with Crippen LogP contribution in [0.1, 0.15) is 11.1 Å². The van der Waals surface area contributed by atoms with Crippen LogP contribution in [0.3, 0.4) is 0 Å². The van der Waals surface area contributed by atoms with E-state index in [2.05, 4.69) is 5.32 Å². The number of phenols is 1. The number of carbonyl (C=O) groups is 1. The quantitative estimate of drug-likeness (QED) is 0.713. The molecule has 0 fully saturated rings. The molecule has 0 aliphatic carbocycles. The second-order valence-electron chi connectivity index (χ2n) is 5.80. The van der Waals surface area contributed by atoms with Gasteiger partial charge in [0.25, 0.3) is 0 Å². The molecule has 0 aromatic heterocycles. The molecule has 0 heterocycles. The fraction of sp³-hybridized carbons (Fsp3) is 0.0952. The topological polar surface area (TPSA) is 58.6 Å². The van der Waals surface area contributed by atoms with Gasteiger partial charge in [-0.2, -0.15) is 0 Å². The van der Waals surface area contributed by atoms with Gasteiger partial charge in [0.2, 0.25) is 5.91 Å². The number of amides is 1. The van der Waals surface area contributed by atoms with Crippen molar-refractivity contribution < 1.29 is 14.6 Å². The number of nitrogens with one attached hydrogen (secondary N) is 1. The molecule has 4 heteroatoms. The molecule has 0 bridgehead atoms. The Morgan fingerprint density at radius 3 is 2.44 bits per heavy atom. The van der Waals surface area contributed by atoms with Crippen molar-refractivity contribution in [2.75, 3.05) is 5.32 Å². The van der Waals surface area contributed by atoms with E-state index in [9.17, 15) is 9.90 Å². The first-order valence-electron chi connectivity index (χ1n) is 8.01. The van der Waals surface area contributed by atoms with Gasteiger partial charge in [0, 0.05) is 11.3 Å². The number of carbonyl (C=O) groups excluding carboxylic acids is 1. The molecule has 126 valence electrons. The van der Waals surface area contributed by atoms with Crippen molar-refractivity contribution in [3.63, 3.8) is 0 Å². The molecule has 0 aliphatic rings. The van der Waals surface area contributed by atoms with Gasteiger partial charge >= 0.3 is 0 Å². The molecule has 0 saturated heterocycles. The summed E-state index contributed by atoms with van der Waals surface area (Å²) in [5.41, 5.74) is 2.40. The summed E-state index contributed by atoms with van der Waals surface area (Å²) in [6.07, 6.45) is 0.119. The molecule has 0 unspecified atom stereocenters. The molecule has 3 aromatic rings. The van der Waals surface area contributed by atoms with Gasteiger partial charge in [0.1, 0.15) is 17.2 Å². The van der Waals surface area contributed by atoms with E-state index in [0.29, 0.717) is 17.0 Å². The molecule has 3 rings (SSSR count). The van der Waals surface area contributed by atoms with Crippen LogP contribution in [0.5, 0.6) is 17.2 Å². The highest BCUT2D eigenvalue weighted by molar-refractivity contribution is 5.92. The number of anilines is 1. The van der Waals surface area contributed by atoms with Gasteiger partial charge in [-0.25, -0.2) is 0 Å². The normalized spacial score (nSPS) is 10.3. The van der Waals surface area contributed by atoms with Crippen molar-refractivity contribution in [3.05, 3.63) is 83.9 Å². The van der Waals surface area contributed by atoms with Crippen LogP contribution in [0, 0.1) is 6.92 Å². The Bertz CT molecular complexity index is 872. The summed E-state index contributed by atoms with van der Waals surface area (Å²) in [5.74, 6) is 1.41. The summed E-state index contributed by atoms with van der Waals surface area (Å²) in [7, 11) is 0. The average Bonchev–Trinajstić information content (AvgIpc) is 2.59. The Morgan fingerprint density at radius 1 is 0.960 bits per heavy atom. The molecular formula is C21H19NO3. The molecule has 0 radical (unpaired) electrons. The largest absolute Gasteiger partial charge is 0.508 e. The first-order chi connectivity index (χ1) is 12.1. The van der Waals surface area contributed by atoms with Crippen LogP contribution in [0.2, 0.25) is 0 Å². The molecule has 3 aromatic carbocycles. The number of rotatable bonds is 5. The maximum absolute atomic E-state index is 12.1. The highest BCUT2D eigenvalue weighted by atomic mass is 16.5. The zero-order valence-corrected chi connectivity index (χ0v) is 13.9. The van der Waals surface area contributed by atoms with Crippen LogP contribution >= 0.6 is 0 Å². The van der Waals surface area contributed by atoms with Crippen molar-refractivity contribution in [3.8, 4) is 17.2 Å². The lowest BCUT2D eigenvalue weighted by molar-refractivity contribution is -0.115. The van der Waals surface area contributed by atoms with Crippen LogP contribution < -0.4 is 10.1 Å². The molecule has 0 atom stereocenters. The third-order valence-corrected chi connectivity index (χ3v) is 3.71. The molecule has 0 saturated carbocycles. The zero-order valence-electron chi connectivity index (χ0n) is 13.9. The van der Waals surface area contributed by atoms with E-state index in [1.165, 1.54) is 0 Å². The van der Waals surface area contributed by atoms with Gasteiger partial charge in [-0.05, 0) is 55.0 Å². The summed E-state index contributed by atoms with van der Waals surface area (Å²) in [4.78, 5) is 12.1. The third-order valence-electron chi connectivity index (χ3n) is 3.71. The lowest BCUT2D eigenvalue weighted by Gasteiger charge is -2.09. The first kappa shape index (κ1) is 16.6. The smallest absolute Gasteiger partial charge is 0.228 e. The molecule has 25 heavy (non-hydrogen) atoms. The van der Waals surface area contributed by atoms with Crippen molar-refractivity contribution in [2.45, 2.75) is 13.3 Å². The predicted molar refractivity (Wildman–Crippen MR) is 98.1 cm³/mol. The number of phenolic OH excluding ortho intramolecular Hbond substituents is 1. The summed E-state index contributed by atoms with van der Waals surface area (Å²) < 4.78 is 5.78. The lowest BCUT2D eigenvalue weighted by atomic mass is 10.1. The third kappa shape index (κ3) is 4.61. The number of benzene rings is 3. The van der Waals surface area contributed by atoms with E-state index in [-0.39, 0.29) is 18.1 Å². The minimum atomic E-state index is -0.186. The van der Waals surface area contributed by atoms with Gasteiger partial charge < -0.3 is 15.2 Å². The van der Waals surface area contributed by atoms with Gasteiger partial charge in [-0.1, -0.05) is 30.3 Å². The molecule has 4 nitrogen and oxygen atoms in total. The van der Waals surface area contributed by atoms with E-state index in [0.717, 1.165) is 11.3 Å². The Hall–Kier alpha value is -3.27. The minimum Gasteiger partial charge on any atom is -0.508 e. The van der Waals surface area contributed by atoms with E-state index >= 15 is 0 Å². The summed E-state index contributed by atoms with van der Waals surface area (Å²) >= 11 is 0. The fourth-order valence-electron chi connectivity index (χ4n) is 2.46. The zero-order chi connectivity index (χ0) is 17.6. The average molecular weight is 333 g/mol. The van der Waals surface area contributed by atoms with E-state index < -0.39 is 0 Å². The van der Waals surface area contributed by atoms with Crippen LogP contribution in [-0.2, 0) is 11.2 Å². The monoisotopic (exact) mass is 333 g/mol. The molecular weight excluding hydrogens is 314 g/mol. The molecule has 0 aliphatic heterocycles. The highest BCUT2D eigenvalue weighted by Crippen LogP contribution is 2.24. The van der Waals surface area contributed by atoms with Crippen molar-refractivity contribution >= 4 is 11.6 Å². The first-order valence-corrected chi connectivity index (χ1v) is 8.01. The second-order valence-corrected chi connectivity index (χ2v) is 5.80. The molecule has 2 N–H and O–H groups in total. The van der Waals surface area contributed by atoms with Gasteiger partial charge in [0.15, 0.2) is 0 Å². The Balaban J connectivity index is 1.60. The van der Waals surface area contributed by atoms with Gasteiger partial charge in [0.05, 0.1) is 6.42 Å². The minimum absolute atomic E-state index is 0.119. The number of para-hydroxylation sites is 1. The highest BCUT2D eigenvalue weighted by Gasteiger charge is 2.07. The Labute approximate surface area is 146 Å². The molecule has 1 amide bonds. The number of hydrogen-bond donors (Lipinski definition) is 2. The number of aromatic hydroxyl groups is 1. The summed E-state index contributed by atoms with van der Waals surface area (Å²) in [6.45, 7) is 2.01. The lowest BCUT2D eigenvalue weighted by Crippen LogP contribution is -2.14. The second kappa shape index (κ2) is 7.53. The van der Waals surface area contributed by atoms with Gasteiger partial charge in [-0.15, -0.1) is 0 Å². The Morgan fingerprint density at radius 2 is 1.72 bits per heavy atom. The van der Waals surface area contributed by atoms with Crippen LogP contribution in [0.25, 0.3) is 0 Å². The maximum atomic E-state index is 12.1. The standard InChI is InChI=1S/C21H19NO3/c1-15-5-4-7-19(13-15)25-18-11-9-17(10-12-18)22-21(24)14-16-6-2-3-8-20(16)23/h2-13,23H,14H2,1H3,(H,22,24). The SMILES string of the molecule is Cc1cccc(Oc2ccc(NC(=O)Cc3ccccc3O)cc2)c1. The van der Waals surface area contributed by atoms with E-state index in [4.69, 9.17) is 4.74 Å². The number of hydrogen-bond acceptors (Lipinski definition) is 3. The van der Waals surface area contributed by atoms with Crippen LogP contribution in [-0.4, -0.2) is 11.0 Å². The van der Waals surface area contributed by atoms with E-state index in [1.807, 2.05) is 31.2 Å². The summed E-state index contributed by atoms with van der Waals surface area (Å²) in [5, 5.41) is 12.5. The van der Waals surface area contributed by atoms with E-state index in [1.54, 1.807) is 48.5 Å². The van der Waals surface area contributed by atoms with Crippen LogP contribution in [0.15, 0.2) is 72.8 Å². The fourth-order valence-corrected chi connectivity index (χ4v) is 2.46. The number of ether oxygens (including phenoxy) is 1. The van der Waals surface area contributed by atoms with Crippen LogP contribution in [0.4, 0.5) is 5.69 Å². The number of aryl methyl sites for hydroxylation is 1.